The van der Waals surface area contributed by atoms with Gasteiger partial charge in [-0.1, -0.05) is 24.3 Å². The molecule has 4 nitrogen and oxygen atoms in total. The molecule has 2 aromatic carbocycles. The molecular weight excluding hydrogens is 278 g/mol. The van der Waals surface area contributed by atoms with Gasteiger partial charge < -0.3 is 15.2 Å². The van der Waals surface area contributed by atoms with Crippen molar-refractivity contribution in [2.75, 3.05) is 13.7 Å². The number of aryl methyl sites for hydroxylation is 1. The van der Waals surface area contributed by atoms with E-state index < -0.39 is 5.97 Å². The first-order chi connectivity index (χ1) is 10.7. The highest BCUT2D eigenvalue weighted by atomic mass is 16.5. The van der Waals surface area contributed by atoms with Crippen LogP contribution in [0.25, 0.3) is 0 Å². The zero-order chi connectivity index (χ0) is 15.8. The molecule has 0 spiro atoms. The summed E-state index contributed by atoms with van der Waals surface area (Å²) in [5, 5.41) is 12.3. The number of benzene rings is 2. The lowest BCUT2D eigenvalue weighted by Gasteiger charge is -2.07. The van der Waals surface area contributed by atoms with Gasteiger partial charge in [0.25, 0.3) is 0 Å². The van der Waals surface area contributed by atoms with Gasteiger partial charge in [-0.3, -0.25) is 0 Å². The topological polar surface area (TPSA) is 58.6 Å². The van der Waals surface area contributed by atoms with Gasteiger partial charge in [0.1, 0.15) is 5.75 Å². The van der Waals surface area contributed by atoms with Crippen LogP contribution >= 0.6 is 0 Å². The molecule has 0 aromatic heterocycles. The van der Waals surface area contributed by atoms with Crippen molar-refractivity contribution in [1.82, 2.24) is 5.32 Å². The molecule has 2 rings (SSSR count). The Morgan fingerprint density at radius 3 is 2.68 bits per heavy atom. The van der Waals surface area contributed by atoms with Crippen LogP contribution < -0.4 is 10.1 Å². The summed E-state index contributed by atoms with van der Waals surface area (Å²) in [4.78, 5) is 10.9. The van der Waals surface area contributed by atoms with Crippen LogP contribution in [-0.4, -0.2) is 24.7 Å². The van der Waals surface area contributed by atoms with Crippen LogP contribution in [0, 0.1) is 0 Å². The van der Waals surface area contributed by atoms with Crippen molar-refractivity contribution in [3.05, 3.63) is 65.2 Å². The number of nitrogens with one attached hydrogen (secondary N) is 1. The number of carbonyl (C=O) groups is 1. The molecule has 0 atom stereocenters. The zero-order valence-electron chi connectivity index (χ0n) is 12.7. The lowest BCUT2D eigenvalue weighted by atomic mass is 10.1. The van der Waals surface area contributed by atoms with E-state index in [4.69, 9.17) is 9.84 Å². The van der Waals surface area contributed by atoms with E-state index in [0.29, 0.717) is 12.1 Å². The first-order valence-corrected chi connectivity index (χ1v) is 7.35. The average molecular weight is 299 g/mol. The highest BCUT2D eigenvalue weighted by molar-refractivity contribution is 5.87. The van der Waals surface area contributed by atoms with Crippen molar-refractivity contribution in [2.24, 2.45) is 0 Å². The summed E-state index contributed by atoms with van der Waals surface area (Å²) in [6, 6.07) is 15.1. The van der Waals surface area contributed by atoms with Crippen LogP contribution in [0.5, 0.6) is 5.75 Å². The molecule has 0 aliphatic heterocycles. The van der Waals surface area contributed by atoms with Crippen molar-refractivity contribution in [3.63, 3.8) is 0 Å². The van der Waals surface area contributed by atoms with Crippen molar-refractivity contribution in [1.29, 1.82) is 0 Å². The summed E-state index contributed by atoms with van der Waals surface area (Å²) < 4.78 is 5.21. The third kappa shape index (κ3) is 4.90. The predicted octanol–water partition coefficient (Wildman–Crippen LogP) is 3.12. The molecule has 0 fully saturated rings. The predicted molar refractivity (Wildman–Crippen MR) is 86.4 cm³/mol. The molecule has 22 heavy (non-hydrogen) atoms. The van der Waals surface area contributed by atoms with E-state index in [1.807, 2.05) is 18.2 Å². The largest absolute Gasteiger partial charge is 0.497 e. The molecule has 0 heterocycles. The van der Waals surface area contributed by atoms with Crippen molar-refractivity contribution in [2.45, 2.75) is 19.4 Å². The molecule has 0 amide bonds. The Labute approximate surface area is 130 Å². The number of rotatable bonds is 8. The summed E-state index contributed by atoms with van der Waals surface area (Å²) in [6.07, 6.45) is 2.01. The first kappa shape index (κ1) is 16.0. The minimum Gasteiger partial charge on any atom is -0.497 e. The Balaban J connectivity index is 1.73. The smallest absolute Gasteiger partial charge is 0.335 e. The average Bonchev–Trinajstić information content (AvgIpc) is 2.55. The van der Waals surface area contributed by atoms with Gasteiger partial charge in [-0.05, 0) is 54.8 Å². The van der Waals surface area contributed by atoms with Crippen LogP contribution in [0.3, 0.4) is 0 Å². The number of carboxylic acids is 1. The van der Waals surface area contributed by atoms with Crippen LogP contribution in [0.1, 0.15) is 27.9 Å². The third-order valence-corrected chi connectivity index (χ3v) is 3.46. The molecular formula is C18H21NO3. The van der Waals surface area contributed by atoms with E-state index in [1.54, 1.807) is 25.3 Å². The van der Waals surface area contributed by atoms with Gasteiger partial charge in [0, 0.05) is 6.54 Å². The van der Waals surface area contributed by atoms with Crippen LogP contribution in [0.2, 0.25) is 0 Å². The fraction of sp³-hybridized carbons (Fsp3) is 0.278. The second-order valence-corrected chi connectivity index (χ2v) is 5.14. The number of ether oxygens (including phenoxy) is 1. The van der Waals surface area contributed by atoms with Crippen LogP contribution in [0.15, 0.2) is 48.5 Å². The van der Waals surface area contributed by atoms with Crippen LogP contribution in [-0.2, 0) is 13.0 Å². The maximum absolute atomic E-state index is 10.9. The number of hydrogen-bond donors (Lipinski definition) is 2. The van der Waals surface area contributed by atoms with E-state index in [-0.39, 0.29) is 0 Å². The second-order valence-electron chi connectivity index (χ2n) is 5.14. The van der Waals surface area contributed by atoms with Gasteiger partial charge in [-0.2, -0.15) is 0 Å². The number of hydrogen-bond acceptors (Lipinski definition) is 3. The van der Waals surface area contributed by atoms with Crippen molar-refractivity contribution >= 4 is 5.97 Å². The maximum atomic E-state index is 10.9. The number of carboxylic acid groups (broad SMARTS) is 1. The van der Waals surface area contributed by atoms with Crippen molar-refractivity contribution < 1.29 is 14.6 Å². The normalized spacial score (nSPS) is 10.4. The Morgan fingerprint density at radius 1 is 1.14 bits per heavy atom. The summed E-state index contributed by atoms with van der Waals surface area (Å²) in [5.41, 5.74) is 2.57. The van der Waals surface area contributed by atoms with Gasteiger partial charge in [0.15, 0.2) is 0 Å². The highest BCUT2D eigenvalue weighted by Crippen LogP contribution is 2.13. The van der Waals surface area contributed by atoms with Gasteiger partial charge in [-0.25, -0.2) is 4.79 Å². The quantitative estimate of drug-likeness (QED) is 0.735. The third-order valence-electron chi connectivity index (χ3n) is 3.46. The second kappa shape index (κ2) is 8.20. The molecule has 0 radical (unpaired) electrons. The molecule has 2 aromatic rings. The van der Waals surface area contributed by atoms with E-state index >= 15 is 0 Å². The summed E-state index contributed by atoms with van der Waals surface area (Å²) in [5.74, 6) is -0.00387. The summed E-state index contributed by atoms with van der Waals surface area (Å²) in [6.45, 7) is 1.56. The molecule has 0 saturated carbocycles. The monoisotopic (exact) mass is 299 g/mol. The molecule has 4 heteroatoms. The number of aromatic carboxylic acids is 1. The standard InChI is InChI=1S/C18H21NO3/c1-22-17-9-3-5-14(12-17)7-4-10-19-13-15-6-2-8-16(11-15)18(20)21/h2-3,5-6,8-9,11-12,19H,4,7,10,13H2,1H3,(H,20,21). The van der Waals surface area contributed by atoms with Gasteiger partial charge in [0.2, 0.25) is 0 Å². The van der Waals surface area contributed by atoms with Crippen LogP contribution in [0.4, 0.5) is 0 Å². The summed E-state index contributed by atoms with van der Waals surface area (Å²) in [7, 11) is 1.67. The molecule has 2 N–H and O–H groups in total. The first-order valence-electron chi connectivity index (χ1n) is 7.35. The molecule has 0 saturated heterocycles. The summed E-state index contributed by atoms with van der Waals surface area (Å²) >= 11 is 0. The van der Waals surface area contributed by atoms with E-state index in [9.17, 15) is 4.79 Å². The molecule has 0 aliphatic rings. The SMILES string of the molecule is COc1cccc(CCCNCc2cccc(C(=O)O)c2)c1. The molecule has 0 bridgehead atoms. The minimum absolute atomic E-state index is 0.329. The zero-order valence-corrected chi connectivity index (χ0v) is 12.7. The van der Waals surface area contributed by atoms with Gasteiger partial charge in [0.05, 0.1) is 12.7 Å². The lowest BCUT2D eigenvalue weighted by molar-refractivity contribution is 0.0696. The Morgan fingerprint density at radius 2 is 1.91 bits per heavy atom. The Kier molecular flexibility index (Phi) is 5.98. The van der Waals surface area contributed by atoms with Crippen molar-refractivity contribution in [3.8, 4) is 5.75 Å². The molecule has 116 valence electrons. The van der Waals surface area contributed by atoms with E-state index in [0.717, 1.165) is 30.7 Å². The maximum Gasteiger partial charge on any atom is 0.335 e. The lowest BCUT2D eigenvalue weighted by Crippen LogP contribution is -2.15. The minimum atomic E-state index is -0.889. The van der Waals surface area contributed by atoms with E-state index in [1.165, 1.54) is 5.56 Å². The van der Waals surface area contributed by atoms with E-state index in [2.05, 4.69) is 17.4 Å². The van der Waals surface area contributed by atoms with Gasteiger partial charge in [-0.15, -0.1) is 0 Å². The molecule has 0 unspecified atom stereocenters. The Hall–Kier alpha value is -2.33. The molecule has 0 aliphatic carbocycles. The Bertz CT molecular complexity index is 625. The fourth-order valence-corrected chi connectivity index (χ4v) is 2.29. The number of methoxy groups -OCH3 is 1. The fourth-order valence-electron chi connectivity index (χ4n) is 2.29. The highest BCUT2D eigenvalue weighted by Gasteiger charge is 2.02. The van der Waals surface area contributed by atoms with Gasteiger partial charge >= 0.3 is 5.97 Å².